The maximum Gasteiger partial charge on any atom is 0.269 e. The van der Waals surface area contributed by atoms with Gasteiger partial charge in [-0.05, 0) is 55.2 Å². The highest BCUT2D eigenvalue weighted by Crippen LogP contribution is 2.28. The number of carbonyl (C=O) groups is 2. The Morgan fingerprint density at radius 3 is 2.57 bits per heavy atom. The molecule has 3 aromatic rings. The van der Waals surface area contributed by atoms with E-state index in [1.165, 1.54) is 42.6 Å². The number of carbonyl (C=O) groups excluding carboxylic acids is 2. The summed E-state index contributed by atoms with van der Waals surface area (Å²) in [5.74, 6) is -1.02. The van der Waals surface area contributed by atoms with E-state index < -0.39 is 28.6 Å². The summed E-state index contributed by atoms with van der Waals surface area (Å²) in [6.45, 7) is 5.52. The number of nitrogens with one attached hydrogen (secondary N) is 2. The molecule has 2 N–H and O–H groups in total. The first-order valence-corrected chi connectivity index (χ1v) is 10.9. The quantitative estimate of drug-likeness (QED) is 0.263. The highest BCUT2D eigenvalue weighted by Gasteiger charge is 2.23. The van der Waals surface area contributed by atoms with Crippen molar-refractivity contribution in [2.75, 3.05) is 0 Å². The van der Waals surface area contributed by atoms with Gasteiger partial charge in [-0.15, -0.1) is 0 Å². The summed E-state index contributed by atoms with van der Waals surface area (Å²) in [5, 5.41) is 17.4. The molecule has 0 fully saturated rings. The lowest BCUT2D eigenvalue weighted by Crippen LogP contribution is -2.46. The number of hydrogen-bond donors (Lipinski definition) is 2. The van der Waals surface area contributed by atoms with Gasteiger partial charge < -0.3 is 9.73 Å². The number of hydrazone groups is 1. The van der Waals surface area contributed by atoms with Crippen LogP contribution in [-0.2, 0) is 4.79 Å². The molecule has 10 heteroatoms. The third-order valence-electron chi connectivity index (χ3n) is 5.13. The predicted molar refractivity (Wildman–Crippen MR) is 128 cm³/mol. The van der Waals surface area contributed by atoms with Crippen molar-refractivity contribution in [3.8, 4) is 11.3 Å². The van der Waals surface area contributed by atoms with Gasteiger partial charge in [0.05, 0.1) is 16.7 Å². The molecule has 2 aromatic carbocycles. The fourth-order valence-electron chi connectivity index (χ4n) is 3.43. The minimum Gasteiger partial charge on any atom is -0.455 e. The number of nitro groups is 1. The summed E-state index contributed by atoms with van der Waals surface area (Å²) in [5.41, 5.74) is 3.57. The largest absolute Gasteiger partial charge is 0.455 e. The molecule has 2 amide bonds. The lowest BCUT2D eigenvalue weighted by Gasteiger charge is -2.19. The van der Waals surface area contributed by atoms with Gasteiger partial charge >= 0.3 is 0 Å². The molecule has 0 bridgehead atoms. The van der Waals surface area contributed by atoms with Gasteiger partial charge in [0.25, 0.3) is 17.5 Å². The summed E-state index contributed by atoms with van der Waals surface area (Å²) in [4.78, 5) is 35.6. The Bertz CT molecular complexity index is 1270. The van der Waals surface area contributed by atoms with Crippen molar-refractivity contribution >= 4 is 23.7 Å². The van der Waals surface area contributed by atoms with Gasteiger partial charge in [0.1, 0.15) is 23.4 Å². The van der Waals surface area contributed by atoms with Crippen molar-refractivity contribution < 1.29 is 23.3 Å². The van der Waals surface area contributed by atoms with Crippen molar-refractivity contribution in [3.63, 3.8) is 0 Å². The van der Waals surface area contributed by atoms with Crippen LogP contribution in [0.1, 0.15) is 41.9 Å². The summed E-state index contributed by atoms with van der Waals surface area (Å²) in [6, 6.07) is 12.4. The molecule has 0 radical (unpaired) electrons. The molecule has 0 saturated heterocycles. The first kappa shape index (κ1) is 25.3. The zero-order valence-corrected chi connectivity index (χ0v) is 19.4. The second-order valence-electron chi connectivity index (χ2n) is 8.33. The van der Waals surface area contributed by atoms with Gasteiger partial charge in [0, 0.05) is 17.7 Å². The molecule has 0 spiro atoms. The molecule has 1 heterocycles. The molecular weight excluding hydrogens is 455 g/mol. The number of amides is 2. The average molecular weight is 480 g/mol. The van der Waals surface area contributed by atoms with Crippen LogP contribution in [0.25, 0.3) is 11.3 Å². The number of halogens is 1. The van der Waals surface area contributed by atoms with Crippen molar-refractivity contribution in [1.82, 2.24) is 10.7 Å². The molecule has 1 aromatic heterocycles. The number of rotatable bonds is 9. The molecule has 0 aliphatic carbocycles. The van der Waals surface area contributed by atoms with Crippen molar-refractivity contribution in [2.24, 2.45) is 11.0 Å². The number of furan rings is 1. The first-order chi connectivity index (χ1) is 16.7. The van der Waals surface area contributed by atoms with E-state index in [4.69, 9.17) is 4.42 Å². The fourth-order valence-corrected chi connectivity index (χ4v) is 3.43. The molecule has 0 aliphatic heterocycles. The highest BCUT2D eigenvalue weighted by atomic mass is 19.1. The van der Waals surface area contributed by atoms with Crippen LogP contribution in [0.2, 0.25) is 0 Å². The van der Waals surface area contributed by atoms with Gasteiger partial charge in [-0.2, -0.15) is 5.10 Å². The smallest absolute Gasteiger partial charge is 0.269 e. The fraction of sp³-hybridized carbons (Fsp3) is 0.240. The van der Waals surface area contributed by atoms with Gasteiger partial charge in [0.2, 0.25) is 0 Å². The molecular formula is C25H25FN4O5. The van der Waals surface area contributed by atoms with Crippen LogP contribution in [0.3, 0.4) is 0 Å². The lowest BCUT2D eigenvalue weighted by molar-refractivity contribution is -0.384. The van der Waals surface area contributed by atoms with Crippen LogP contribution < -0.4 is 10.7 Å². The average Bonchev–Trinajstić information content (AvgIpc) is 3.26. The van der Waals surface area contributed by atoms with Crippen molar-refractivity contribution in [2.45, 2.75) is 33.2 Å². The monoisotopic (exact) mass is 480 g/mol. The van der Waals surface area contributed by atoms with Crippen LogP contribution in [0.5, 0.6) is 0 Å². The number of nitro benzene ring substituents is 1. The summed E-state index contributed by atoms with van der Waals surface area (Å²) in [7, 11) is 0. The van der Waals surface area contributed by atoms with Crippen LogP contribution in [0, 0.1) is 28.8 Å². The SMILES string of the molecule is Cc1cc([N+](=O)[O-])ccc1-c1ccc(/C=N\NC(=O)[C@H](CC(C)C)NC(=O)c2ccccc2F)o1. The Morgan fingerprint density at radius 1 is 1.17 bits per heavy atom. The normalized spacial score (nSPS) is 12.0. The standard InChI is InChI=1S/C25H25FN4O5/c1-15(2)12-22(28-24(31)20-6-4-5-7-21(20)26)25(32)29-27-14-18-9-11-23(35-18)19-10-8-17(30(33)34)13-16(19)3/h4-11,13-15,22H,12H2,1-3H3,(H,28,31)(H,29,32)/b27-14-/t22-/m0/s1. The highest BCUT2D eigenvalue weighted by molar-refractivity contribution is 5.97. The molecule has 3 rings (SSSR count). The zero-order valence-electron chi connectivity index (χ0n) is 19.4. The number of hydrogen-bond acceptors (Lipinski definition) is 6. The molecule has 0 unspecified atom stereocenters. The number of benzene rings is 2. The van der Waals surface area contributed by atoms with Crippen molar-refractivity contribution in [3.05, 3.63) is 87.4 Å². The molecule has 1 atom stereocenters. The Kier molecular flexibility index (Phi) is 8.08. The molecule has 0 saturated carbocycles. The van der Waals surface area contributed by atoms with E-state index in [9.17, 15) is 24.1 Å². The number of nitrogens with zero attached hydrogens (tertiary/aromatic N) is 2. The van der Waals surface area contributed by atoms with E-state index in [1.54, 1.807) is 25.1 Å². The van der Waals surface area contributed by atoms with Gasteiger partial charge in [-0.25, -0.2) is 9.82 Å². The number of non-ortho nitro benzene ring substituents is 1. The van der Waals surface area contributed by atoms with Crippen LogP contribution in [0.4, 0.5) is 10.1 Å². The van der Waals surface area contributed by atoms with Crippen LogP contribution in [0.15, 0.2) is 64.1 Å². The molecule has 182 valence electrons. The van der Waals surface area contributed by atoms with Gasteiger partial charge in [0.15, 0.2) is 0 Å². The lowest BCUT2D eigenvalue weighted by atomic mass is 10.0. The topological polar surface area (TPSA) is 127 Å². The van der Waals surface area contributed by atoms with Crippen LogP contribution in [-0.4, -0.2) is 29.0 Å². The Labute approximate surface area is 201 Å². The Balaban J connectivity index is 1.67. The third kappa shape index (κ3) is 6.59. The van der Waals surface area contributed by atoms with E-state index >= 15 is 0 Å². The summed E-state index contributed by atoms with van der Waals surface area (Å²) in [6.07, 6.45) is 1.62. The second-order valence-corrected chi connectivity index (χ2v) is 8.33. The zero-order chi connectivity index (χ0) is 25.5. The molecule has 0 aliphatic rings. The summed E-state index contributed by atoms with van der Waals surface area (Å²) >= 11 is 0. The van der Waals surface area contributed by atoms with E-state index in [2.05, 4.69) is 15.8 Å². The minimum absolute atomic E-state index is 0.0136. The Morgan fingerprint density at radius 2 is 1.91 bits per heavy atom. The van der Waals surface area contributed by atoms with Gasteiger partial charge in [-0.1, -0.05) is 26.0 Å². The second kappa shape index (κ2) is 11.2. The van der Waals surface area contributed by atoms with E-state index in [0.717, 1.165) is 0 Å². The third-order valence-corrected chi connectivity index (χ3v) is 5.13. The predicted octanol–water partition coefficient (Wildman–Crippen LogP) is 4.60. The van der Waals surface area contributed by atoms with E-state index in [-0.39, 0.29) is 17.2 Å². The summed E-state index contributed by atoms with van der Waals surface area (Å²) < 4.78 is 19.6. The van der Waals surface area contributed by atoms with E-state index in [1.807, 2.05) is 13.8 Å². The maximum atomic E-state index is 13.9. The number of aryl methyl sites for hydroxylation is 1. The first-order valence-electron chi connectivity index (χ1n) is 10.9. The van der Waals surface area contributed by atoms with Gasteiger partial charge in [-0.3, -0.25) is 19.7 Å². The van der Waals surface area contributed by atoms with Crippen molar-refractivity contribution in [1.29, 1.82) is 0 Å². The molecule has 35 heavy (non-hydrogen) atoms. The minimum atomic E-state index is -0.922. The van der Waals surface area contributed by atoms with E-state index in [0.29, 0.717) is 29.1 Å². The molecule has 9 nitrogen and oxygen atoms in total. The Hall–Kier alpha value is -4.34. The maximum absolute atomic E-state index is 13.9. The van der Waals surface area contributed by atoms with Crippen LogP contribution >= 0.6 is 0 Å².